The van der Waals surface area contributed by atoms with Crippen LogP contribution in [0.15, 0.2) is 85.1 Å². The lowest BCUT2D eigenvalue weighted by Crippen LogP contribution is -1.98. The molecule has 0 fully saturated rings. The molecule has 0 bridgehead atoms. The molecule has 0 aliphatic carbocycles. The first-order valence-corrected chi connectivity index (χ1v) is 10.3. The number of benzene rings is 3. The number of imidazole rings is 2. The lowest BCUT2D eigenvalue weighted by Gasteiger charge is -2.05. The van der Waals surface area contributed by atoms with E-state index in [1.54, 1.807) is 11.3 Å². The molecule has 0 radical (unpaired) electrons. The third-order valence-corrected chi connectivity index (χ3v) is 6.78. The van der Waals surface area contributed by atoms with Crippen molar-refractivity contribution in [3.63, 3.8) is 0 Å². The first kappa shape index (κ1) is 15.2. The number of hydrogen-bond donors (Lipinski definition) is 0. The fourth-order valence-electron chi connectivity index (χ4n) is 4.36. The van der Waals surface area contributed by atoms with E-state index in [4.69, 9.17) is 9.97 Å². The first-order valence-electron chi connectivity index (χ1n) is 9.53. The van der Waals surface area contributed by atoms with Crippen LogP contribution in [0.4, 0.5) is 0 Å². The van der Waals surface area contributed by atoms with Gasteiger partial charge in [0, 0.05) is 21.7 Å². The van der Waals surface area contributed by atoms with Crippen LogP contribution in [0.2, 0.25) is 0 Å². The molecule has 0 spiro atoms. The van der Waals surface area contributed by atoms with Gasteiger partial charge in [0.25, 0.3) is 0 Å². The van der Waals surface area contributed by atoms with Crippen molar-refractivity contribution in [2.75, 3.05) is 0 Å². The van der Waals surface area contributed by atoms with Crippen LogP contribution in [0.5, 0.6) is 0 Å². The van der Waals surface area contributed by atoms with Crippen LogP contribution in [-0.2, 0) is 0 Å². The quantitative estimate of drug-likeness (QED) is 0.335. The number of aromatic nitrogens is 4. The van der Waals surface area contributed by atoms with Gasteiger partial charge in [-0.3, -0.25) is 8.97 Å². The van der Waals surface area contributed by atoms with Crippen molar-refractivity contribution in [2.45, 2.75) is 0 Å². The standard InChI is InChI=1S/C24H14N4S/c1-6-12-21-15(7-1)16-13-14-25-23(22(16)29-21)28-20-11-5-4-10-19(20)27-18-9-3-2-8-17(18)26-24(27)28/h1-14H. The maximum absolute atomic E-state index is 4.98. The van der Waals surface area contributed by atoms with E-state index in [1.165, 1.54) is 20.2 Å². The molecule has 29 heavy (non-hydrogen) atoms. The van der Waals surface area contributed by atoms with E-state index in [2.05, 4.69) is 81.8 Å². The number of nitrogens with zero attached hydrogens (tertiary/aromatic N) is 4. The van der Waals surface area contributed by atoms with Gasteiger partial charge in [0.2, 0.25) is 5.78 Å². The summed E-state index contributed by atoms with van der Waals surface area (Å²) in [5, 5.41) is 2.51. The molecule has 4 nitrogen and oxygen atoms in total. The molecule has 0 saturated carbocycles. The van der Waals surface area contributed by atoms with Gasteiger partial charge in [-0.1, -0.05) is 42.5 Å². The summed E-state index contributed by atoms with van der Waals surface area (Å²) in [6.45, 7) is 0. The minimum Gasteiger partial charge on any atom is -0.276 e. The molecule has 0 amide bonds. The van der Waals surface area contributed by atoms with E-state index in [-0.39, 0.29) is 0 Å². The highest BCUT2D eigenvalue weighted by atomic mass is 32.1. The highest BCUT2D eigenvalue weighted by Gasteiger charge is 2.20. The molecule has 0 aliphatic heterocycles. The molecule has 7 rings (SSSR count). The van der Waals surface area contributed by atoms with Gasteiger partial charge in [0.15, 0.2) is 5.82 Å². The van der Waals surface area contributed by atoms with Crippen LogP contribution in [0.3, 0.4) is 0 Å². The summed E-state index contributed by atoms with van der Waals surface area (Å²) in [6, 6.07) is 27.4. The van der Waals surface area contributed by atoms with Gasteiger partial charge >= 0.3 is 0 Å². The van der Waals surface area contributed by atoms with Gasteiger partial charge in [-0.15, -0.1) is 11.3 Å². The van der Waals surface area contributed by atoms with Crippen molar-refractivity contribution in [1.82, 2.24) is 18.9 Å². The Kier molecular flexibility index (Phi) is 2.85. The maximum Gasteiger partial charge on any atom is 0.221 e. The van der Waals surface area contributed by atoms with Gasteiger partial charge < -0.3 is 0 Å². The molecular weight excluding hydrogens is 376 g/mol. The van der Waals surface area contributed by atoms with Crippen molar-refractivity contribution >= 4 is 59.4 Å². The fourth-order valence-corrected chi connectivity index (χ4v) is 5.53. The van der Waals surface area contributed by atoms with Gasteiger partial charge in [0.1, 0.15) is 0 Å². The first-order chi connectivity index (χ1) is 14.4. The van der Waals surface area contributed by atoms with E-state index in [9.17, 15) is 0 Å². The highest BCUT2D eigenvalue weighted by molar-refractivity contribution is 7.26. The molecule has 4 aromatic heterocycles. The number of thiophene rings is 1. The largest absolute Gasteiger partial charge is 0.276 e. The molecule has 0 unspecified atom stereocenters. The summed E-state index contributed by atoms with van der Waals surface area (Å²) in [5.74, 6) is 1.83. The molecule has 0 atom stereocenters. The van der Waals surface area contributed by atoms with Crippen LogP contribution in [0.1, 0.15) is 0 Å². The van der Waals surface area contributed by atoms with E-state index in [0.29, 0.717) is 0 Å². The van der Waals surface area contributed by atoms with Gasteiger partial charge in [0.05, 0.1) is 26.8 Å². The smallest absolute Gasteiger partial charge is 0.221 e. The van der Waals surface area contributed by atoms with Gasteiger partial charge in [-0.2, -0.15) is 0 Å². The number of fused-ring (bicyclic) bond motifs is 8. The number of para-hydroxylation sites is 4. The lowest BCUT2D eigenvalue weighted by molar-refractivity contribution is 1.06. The Morgan fingerprint density at radius 2 is 1.45 bits per heavy atom. The molecule has 4 heterocycles. The summed E-state index contributed by atoms with van der Waals surface area (Å²) in [5.41, 5.74) is 4.35. The molecule has 3 aromatic carbocycles. The molecule has 5 heteroatoms. The van der Waals surface area contributed by atoms with E-state index in [1.807, 2.05) is 12.3 Å². The third kappa shape index (κ3) is 1.92. The Hall–Kier alpha value is -3.70. The normalized spacial score (nSPS) is 12.1. The van der Waals surface area contributed by atoms with Crippen LogP contribution >= 0.6 is 11.3 Å². The number of hydrogen-bond acceptors (Lipinski definition) is 3. The molecule has 0 saturated heterocycles. The van der Waals surface area contributed by atoms with E-state index >= 15 is 0 Å². The summed E-state index contributed by atoms with van der Waals surface area (Å²) >= 11 is 1.79. The minimum atomic E-state index is 0.893. The predicted molar refractivity (Wildman–Crippen MR) is 120 cm³/mol. The summed E-state index contributed by atoms with van der Waals surface area (Å²) in [4.78, 5) is 9.82. The molecule has 0 N–H and O–H groups in total. The predicted octanol–water partition coefficient (Wildman–Crippen LogP) is 6.19. The Morgan fingerprint density at radius 1 is 0.690 bits per heavy atom. The number of rotatable bonds is 1. The van der Waals surface area contributed by atoms with Crippen molar-refractivity contribution in [3.05, 3.63) is 85.1 Å². The van der Waals surface area contributed by atoms with Gasteiger partial charge in [-0.05, 0) is 36.4 Å². The third-order valence-electron chi connectivity index (χ3n) is 5.59. The average molecular weight is 390 g/mol. The van der Waals surface area contributed by atoms with Crippen LogP contribution in [0.25, 0.3) is 53.8 Å². The van der Waals surface area contributed by atoms with Gasteiger partial charge in [-0.25, -0.2) is 9.97 Å². The van der Waals surface area contributed by atoms with Crippen molar-refractivity contribution in [3.8, 4) is 5.82 Å². The minimum absolute atomic E-state index is 0.893. The SMILES string of the molecule is c1ccc2c(c1)nc1n(-c3nccc4c3sc3ccccc34)c3ccccc3n21. The average Bonchev–Trinajstić information content (AvgIpc) is 3.42. The Morgan fingerprint density at radius 3 is 2.38 bits per heavy atom. The Bertz CT molecular complexity index is 1720. The zero-order valence-electron chi connectivity index (χ0n) is 15.3. The van der Waals surface area contributed by atoms with Crippen LogP contribution in [-0.4, -0.2) is 18.9 Å². The van der Waals surface area contributed by atoms with Crippen molar-refractivity contribution in [2.24, 2.45) is 0 Å². The highest BCUT2D eigenvalue weighted by Crippen LogP contribution is 2.38. The second-order valence-electron chi connectivity index (χ2n) is 7.17. The summed E-state index contributed by atoms with van der Waals surface area (Å²) in [7, 11) is 0. The summed E-state index contributed by atoms with van der Waals surface area (Å²) < 4.78 is 6.90. The number of pyridine rings is 1. The lowest BCUT2D eigenvalue weighted by atomic mass is 10.2. The second kappa shape index (κ2) is 5.43. The Labute approximate surface area is 169 Å². The van der Waals surface area contributed by atoms with Crippen molar-refractivity contribution < 1.29 is 0 Å². The van der Waals surface area contributed by atoms with E-state index < -0.39 is 0 Å². The zero-order valence-corrected chi connectivity index (χ0v) is 16.1. The monoisotopic (exact) mass is 390 g/mol. The van der Waals surface area contributed by atoms with Crippen LogP contribution in [0, 0.1) is 0 Å². The molecule has 136 valence electrons. The second-order valence-corrected chi connectivity index (χ2v) is 8.22. The zero-order chi connectivity index (χ0) is 18.9. The molecule has 0 aliphatic rings. The van der Waals surface area contributed by atoms with Crippen molar-refractivity contribution in [1.29, 1.82) is 0 Å². The Balaban J connectivity index is 1.72. The topological polar surface area (TPSA) is 35.1 Å². The van der Waals surface area contributed by atoms with E-state index in [0.717, 1.165) is 33.7 Å². The summed E-state index contributed by atoms with van der Waals surface area (Å²) in [6.07, 6.45) is 1.91. The molecular formula is C24H14N4S. The molecule has 7 aromatic rings. The van der Waals surface area contributed by atoms with Crippen LogP contribution < -0.4 is 0 Å². The fraction of sp³-hybridized carbons (Fsp3) is 0. The maximum atomic E-state index is 4.98.